The number of hydrogen-bond donors (Lipinski definition) is 0. The van der Waals surface area contributed by atoms with Crippen molar-refractivity contribution in [2.45, 2.75) is 65.5 Å². The van der Waals surface area contributed by atoms with Crippen molar-refractivity contribution in [3.05, 3.63) is 29.8 Å². The SMILES string of the molecule is CCCC[N+](CCCC)(CCCC)c1ccccc1C(F)(F)F. The molecule has 0 atom stereocenters. The molecule has 0 fully saturated rings. The average Bonchev–Trinajstić information content (AvgIpc) is 2.54. The average molecular weight is 330 g/mol. The van der Waals surface area contributed by atoms with Gasteiger partial charge in [0.25, 0.3) is 0 Å². The summed E-state index contributed by atoms with van der Waals surface area (Å²) in [7, 11) is 0. The van der Waals surface area contributed by atoms with Gasteiger partial charge in [0, 0.05) is 0 Å². The maximum Gasteiger partial charge on any atom is 0.422 e. The van der Waals surface area contributed by atoms with Gasteiger partial charge in [0.2, 0.25) is 0 Å². The Labute approximate surface area is 139 Å². The molecule has 0 spiro atoms. The summed E-state index contributed by atoms with van der Waals surface area (Å²) in [6, 6.07) is 6.19. The van der Waals surface area contributed by atoms with Crippen LogP contribution in [-0.4, -0.2) is 19.6 Å². The first-order chi connectivity index (χ1) is 10.9. The van der Waals surface area contributed by atoms with Crippen LogP contribution in [0, 0.1) is 0 Å². The zero-order valence-corrected chi connectivity index (χ0v) is 14.8. The molecule has 0 saturated carbocycles. The zero-order chi connectivity index (χ0) is 17.3. The van der Waals surface area contributed by atoms with Crippen molar-refractivity contribution in [1.82, 2.24) is 4.48 Å². The monoisotopic (exact) mass is 330 g/mol. The molecule has 0 aromatic heterocycles. The lowest BCUT2D eigenvalue weighted by Gasteiger charge is -2.40. The van der Waals surface area contributed by atoms with Crippen LogP contribution in [0.3, 0.4) is 0 Å². The van der Waals surface area contributed by atoms with E-state index >= 15 is 0 Å². The highest BCUT2D eigenvalue weighted by molar-refractivity contribution is 5.52. The van der Waals surface area contributed by atoms with Gasteiger partial charge < -0.3 is 0 Å². The summed E-state index contributed by atoms with van der Waals surface area (Å²) in [5.41, 5.74) is 0.0126. The summed E-state index contributed by atoms with van der Waals surface area (Å²) in [5, 5.41) is 0. The van der Waals surface area contributed by atoms with Gasteiger partial charge in [-0.15, -0.1) is 0 Å². The number of unbranched alkanes of at least 4 members (excludes halogenated alkanes) is 3. The van der Waals surface area contributed by atoms with Crippen molar-refractivity contribution in [3.8, 4) is 0 Å². The van der Waals surface area contributed by atoms with Crippen molar-refractivity contribution in [1.29, 1.82) is 0 Å². The van der Waals surface area contributed by atoms with E-state index in [4.69, 9.17) is 0 Å². The van der Waals surface area contributed by atoms with Gasteiger partial charge in [-0.2, -0.15) is 13.2 Å². The summed E-state index contributed by atoms with van der Waals surface area (Å²) in [5.74, 6) is 0. The quantitative estimate of drug-likeness (QED) is 0.435. The predicted molar refractivity (Wildman–Crippen MR) is 92.6 cm³/mol. The first kappa shape index (κ1) is 20.0. The molecule has 0 unspecified atom stereocenters. The highest BCUT2D eigenvalue weighted by Gasteiger charge is 2.41. The van der Waals surface area contributed by atoms with Crippen LogP contribution >= 0.6 is 0 Å². The molecule has 0 aliphatic rings. The number of para-hydroxylation sites is 1. The van der Waals surface area contributed by atoms with Crippen LogP contribution in [0.1, 0.15) is 64.9 Å². The number of hydrogen-bond acceptors (Lipinski definition) is 0. The van der Waals surface area contributed by atoms with Crippen LogP contribution in [-0.2, 0) is 6.18 Å². The maximum atomic E-state index is 13.5. The van der Waals surface area contributed by atoms with E-state index in [2.05, 4.69) is 20.8 Å². The molecule has 1 nitrogen and oxygen atoms in total. The molecule has 23 heavy (non-hydrogen) atoms. The third-order valence-corrected chi connectivity index (χ3v) is 4.54. The van der Waals surface area contributed by atoms with Crippen molar-refractivity contribution < 1.29 is 13.2 Å². The normalized spacial score (nSPS) is 12.6. The third kappa shape index (κ3) is 5.52. The lowest BCUT2D eigenvalue weighted by Crippen LogP contribution is -2.52. The second-order valence-electron chi connectivity index (χ2n) is 6.39. The van der Waals surface area contributed by atoms with Crippen LogP contribution < -0.4 is 4.48 Å². The molecule has 0 saturated heterocycles. The summed E-state index contributed by atoms with van der Waals surface area (Å²) in [6.45, 7) is 8.69. The van der Waals surface area contributed by atoms with Crippen LogP contribution in [0.2, 0.25) is 0 Å². The Bertz CT molecular complexity index is 432. The number of nitrogens with zero attached hydrogens (tertiary/aromatic N) is 1. The molecule has 0 aliphatic heterocycles. The largest absolute Gasteiger partial charge is 0.422 e. The maximum absolute atomic E-state index is 13.5. The number of quaternary nitrogens is 1. The second kappa shape index (κ2) is 9.31. The zero-order valence-electron chi connectivity index (χ0n) is 14.8. The Balaban J connectivity index is 3.35. The third-order valence-electron chi connectivity index (χ3n) is 4.54. The Morgan fingerprint density at radius 3 is 1.61 bits per heavy atom. The first-order valence-electron chi connectivity index (χ1n) is 8.94. The fourth-order valence-corrected chi connectivity index (χ4v) is 3.21. The predicted octanol–water partition coefficient (Wildman–Crippen LogP) is 6.41. The number of alkyl halides is 3. The molecule has 0 amide bonds. The van der Waals surface area contributed by atoms with Crippen molar-refractivity contribution in [2.24, 2.45) is 0 Å². The van der Waals surface area contributed by atoms with Gasteiger partial charge in [0.1, 0.15) is 11.3 Å². The van der Waals surface area contributed by atoms with Crippen LogP contribution in [0.5, 0.6) is 0 Å². The molecule has 0 N–H and O–H groups in total. The second-order valence-corrected chi connectivity index (χ2v) is 6.39. The number of halogens is 3. The standard InChI is InChI=1S/C19H31F3N/c1-4-7-14-23(15-8-5-2,16-9-6-3)18-13-11-10-12-17(18)19(20,21)22/h10-13H,4-9,14-16H2,1-3H3/q+1. The highest BCUT2D eigenvalue weighted by Crippen LogP contribution is 2.40. The van der Waals surface area contributed by atoms with Crippen LogP contribution in [0.15, 0.2) is 24.3 Å². The van der Waals surface area contributed by atoms with E-state index in [0.29, 0.717) is 10.2 Å². The molecular formula is C19H31F3N+. The molecule has 0 radical (unpaired) electrons. The van der Waals surface area contributed by atoms with Gasteiger partial charge >= 0.3 is 6.18 Å². The van der Waals surface area contributed by atoms with Gasteiger partial charge in [-0.3, -0.25) is 4.48 Å². The van der Waals surface area contributed by atoms with Gasteiger partial charge in [-0.1, -0.05) is 52.2 Å². The molecular weight excluding hydrogens is 299 g/mol. The van der Waals surface area contributed by atoms with Crippen molar-refractivity contribution in [2.75, 3.05) is 19.6 Å². The van der Waals surface area contributed by atoms with Gasteiger partial charge in [0.05, 0.1) is 19.6 Å². The minimum absolute atomic E-state index is 0.455. The lowest BCUT2D eigenvalue weighted by atomic mass is 10.0. The van der Waals surface area contributed by atoms with Crippen LogP contribution in [0.25, 0.3) is 0 Å². The van der Waals surface area contributed by atoms with E-state index in [9.17, 15) is 13.2 Å². The topological polar surface area (TPSA) is 0 Å². The molecule has 1 rings (SSSR count). The Kier molecular flexibility index (Phi) is 8.10. The molecule has 1 aromatic carbocycles. The van der Waals surface area contributed by atoms with E-state index < -0.39 is 11.7 Å². The summed E-state index contributed by atoms with van der Waals surface area (Å²) in [4.78, 5) is 0. The fourth-order valence-electron chi connectivity index (χ4n) is 3.21. The molecule has 0 heterocycles. The molecule has 4 heteroatoms. The summed E-state index contributed by atoms with van der Waals surface area (Å²) in [6.07, 6.45) is 1.61. The summed E-state index contributed by atoms with van der Waals surface area (Å²) < 4.78 is 41.1. The minimum atomic E-state index is -4.29. The number of rotatable bonds is 10. The van der Waals surface area contributed by atoms with E-state index in [1.165, 1.54) is 12.1 Å². The lowest BCUT2D eigenvalue weighted by molar-refractivity contribution is -0.138. The molecule has 132 valence electrons. The summed E-state index contributed by atoms with van der Waals surface area (Å²) >= 11 is 0. The minimum Gasteiger partial charge on any atom is -0.291 e. The highest BCUT2D eigenvalue weighted by atomic mass is 19.4. The number of benzene rings is 1. The van der Waals surface area contributed by atoms with E-state index in [0.717, 1.165) is 58.2 Å². The van der Waals surface area contributed by atoms with Crippen molar-refractivity contribution in [3.63, 3.8) is 0 Å². The molecule has 0 bridgehead atoms. The van der Waals surface area contributed by atoms with Gasteiger partial charge in [-0.25, -0.2) is 0 Å². The van der Waals surface area contributed by atoms with Crippen LogP contribution in [0.4, 0.5) is 18.9 Å². The fraction of sp³-hybridized carbons (Fsp3) is 0.684. The Hall–Kier alpha value is -1.03. The molecule has 0 aliphatic carbocycles. The first-order valence-corrected chi connectivity index (χ1v) is 8.94. The Morgan fingerprint density at radius 1 is 0.783 bits per heavy atom. The van der Waals surface area contributed by atoms with E-state index in [-0.39, 0.29) is 0 Å². The van der Waals surface area contributed by atoms with Crippen molar-refractivity contribution >= 4 is 5.69 Å². The van der Waals surface area contributed by atoms with E-state index in [1.807, 2.05) is 0 Å². The van der Waals surface area contributed by atoms with E-state index in [1.54, 1.807) is 12.1 Å². The van der Waals surface area contributed by atoms with Gasteiger partial charge in [-0.05, 0) is 31.4 Å². The smallest absolute Gasteiger partial charge is 0.291 e. The Morgan fingerprint density at radius 2 is 1.22 bits per heavy atom. The van der Waals surface area contributed by atoms with Gasteiger partial charge in [0.15, 0.2) is 0 Å². The molecule has 1 aromatic rings.